The van der Waals surface area contributed by atoms with E-state index in [-0.39, 0.29) is 5.91 Å². The van der Waals surface area contributed by atoms with Crippen molar-refractivity contribution < 1.29 is 4.79 Å². The normalized spacial score (nSPS) is 19.4. The van der Waals surface area contributed by atoms with Crippen LogP contribution >= 0.6 is 0 Å². The van der Waals surface area contributed by atoms with E-state index in [1.165, 1.54) is 44.2 Å². The van der Waals surface area contributed by atoms with Gasteiger partial charge < -0.3 is 15.1 Å². The summed E-state index contributed by atoms with van der Waals surface area (Å²) in [5.74, 6) is 1.04. The Morgan fingerprint density at radius 1 is 0.971 bits per heavy atom. The van der Waals surface area contributed by atoms with Crippen LogP contribution in [0.15, 0.2) is 36.4 Å². The highest BCUT2D eigenvalue weighted by Gasteiger charge is 2.24. The van der Waals surface area contributed by atoms with Crippen LogP contribution in [0.3, 0.4) is 0 Å². The van der Waals surface area contributed by atoms with Crippen molar-refractivity contribution in [3.63, 3.8) is 0 Å². The number of carbonyl (C=O) groups is 1. The molecule has 2 aromatic heterocycles. The van der Waals surface area contributed by atoms with Crippen LogP contribution in [0.5, 0.6) is 0 Å². The minimum atomic E-state index is -0.00143. The lowest BCUT2D eigenvalue weighted by Crippen LogP contribution is -2.38. The molecule has 1 unspecified atom stereocenters. The summed E-state index contributed by atoms with van der Waals surface area (Å²) < 4.78 is 0. The molecule has 6 rings (SSSR count). The molecule has 3 aliphatic heterocycles. The topological polar surface area (TPSA) is 61.4 Å². The average molecular weight is 472 g/mol. The van der Waals surface area contributed by atoms with Gasteiger partial charge in [-0.2, -0.15) is 0 Å². The molecule has 1 amide bonds. The first-order chi connectivity index (χ1) is 17.1. The van der Waals surface area contributed by atoms with Gasteiger partial charge in [-0.25, -0.2) is 9.97 Å². The van der Waals surface area contributed by atoms with Crippen molar-refractivity contribution in [1.82, 2.24) is 15.3 Å². The summed E-state index contributed by atoms with van der Waals surface area (Å²) in [5, 5.41) is 4.01. The van der Waals surface area contributed by atoms with Gasteiger partial charge in [-0.3, -0.25) is 4.79 Å². The summed E-state index contributed by atoms with van der Waals surface area (Å²) in [6.07, 6.45) is 7.44. The largest absolute Gasteiger partial charge is 0.371 e. The van der Waals surface area contributed by atoms with Gasteiger partial charge >= 0.3 is 0 Å². The molecule has 0 spiro atoms. The number of hydrogen-bond acceptors (Lipinski definition) is 5. The van der Waals surface area contributed by atoms with Gasteiger partial charge in [-0.15, -0.1) is 0 Å². The summed E-state index contributed by atoms with van der Waals surface area (Å²) in [6.45, 7) is 10.4. The summed E-state index contributed by atoms with van der Waals surface area (Å²) in [4.78, 5) is 27.2. The number of benzene rings is 1. The fraction of sp³-hybridized carbons (Fsp3) is 0.483. The summed E-state index contributed by atoms with van der Waals surface area (Å²) in [7, 11) is 0. The van der Waals surface area contributed by atoms with Crippen molar-refractivity contribution >= 4 is 28.4 Å². The fourth-order valence-electron chi connectivity index (χ4n) is 5.41. The molecular formula is C29H37N5O. The molecule has 2 fully saturated rings. The second-order valence-electron chi connectivity index (χ2n) is 10.1. The fourth-order valence-corrected chi connectivity index (χ4v) is 5.41. The van der Waals surface area contributed by atoms with Crippen molar-refractivity contribution in [2.24, 2.45) is 0 Å². The molecule has 1 atom stereocenters. The zero-order valence-corrected chi connectivity index (χ0v) is 21.3. The van der Waals surface area contributed by atoms with Crippen molar-refractivity contribution in [3.8, 4) is 11.3 Å². The highest BCUT2D eigenvalue weighted by molar-refractivity contribution is 5.99. The molecular weight excluding hydrogens is 434 g/mol. The van der Waals surface area contributed by atoms with E-state index in [0.717, 1.165) is 58.9 Å². The lowest BCUT2D eigenvalue weighted by molar-refractivity contribution is 0.0966. The molecule has 35 heavy (non-hydrogen) atoms. The number of fused-ring (bicyclic) bond motifs is 2. The maximum atomic E-state index is 12.1. The van der Waals surface area contributed by atoms with Gasteiger partial charge in [0, 0.05) is 54.8 Å². The Morgan fingerprint density at radius 3 is 2.51 bits per heavy atom. The minimum Gasteiger partial charge on any atom is -0.371 e. The van der Waals surface area contributed by atoms with Crippen LogP contribution < -0.4 is 15.1 Å². The van der Waals surface area contributed by atoms with Gasteiger partial charge in [0.05, 0.1) is 11.4 Å². The van der Waals surface area contributed by atoms with E-state index in [2.05, 4.69) is 60.2 Å². The molecule has 0 radical (unpaired) electrons. The number of carbonyl (C=O) groups excluding carboxylic acids is 1. The zero-order valence-electron chi connectivity index (χ0n) is 21.3. The second-order valence-corrected chi connectivity index (χ2v) is 10.1. The van der Waals surface area contributed by atoms with Crippen LogP contribution in [-0.4, -0.2) is 41.6 Å². The number of nitrogens with zero attached hydrogens (tertiary/aromatic N) is 4. The van der Waals surface area contributed by atoms with Crippen molar-refractivity contribution in [2.45, 2.75) is 71.9 Å². The van der Waals surface area contributed by atoms with Gasteiger partial charge in [0.25, 0.3) is 5.91 Å². The number of amides is 1. The first-order valence-electron chi connectivity index (χ1n) is 13.3. The Labute approximate surface area is 208 Å². The Hall–Kier alpha value is -3.15. The number of hydrogen-bond donors (Lipinski definition) is 1. The van der Waals surface area contributed by atoms with E-state index in [1.54, 1.807) is 0 Å². The first kappa shape index (κ1) is 23.6. The lowest BCUT2D eigenvalue weighted by atomic mass is 10.0. The van der Waals surface area contributed by atoms with Gasteiger partial charge in [0.1, 0.15) is 5.82 Å². The third-order valence-corrected chi connectivity index (χ3v) is 7.27. The Morgan fingerprint density at radius 2 is 1.74 bits per heavy atom. The SMILES string of the molecule is CC1CCCCN1c1cc(N2CCCC2)c2ccc(-c3ccc4c(c3)C(=O)NC4)nc2n1.CCC. The predicted molar refractivity (Wildman–Crippen MR) is 144 cm³/mol. The molecule has 0 bridgehead atoms. The molecule has 2 saturated heterocycles. The maximum absolute atomic E-state index is 12.1. The molecule has 0 aliphatic carbocycles. The maximum Gasteiger partial charge on any atom is 0.251 e. The first-order valence-corrected chi connectivity index (χ1v) is 13.3. The van der Waals surface area contributed by atoms with Crippen molar-refractivity contribution in [2.75, 3.05) is 29.4 Å². The van der Waals surface area contributed by atoms with Crippen LogP contribution in [0.2, 0.25) is 0 Å². The third kappa shape index (κ3) is 4.71. The molecule has 3 aromatic rings. The number of anilines is 2. The number of piperidine rings is 1. The standard InChI is InChI=1S/C26H29N5O.C3H8/c1-17-6-2-3-13-31(17)24-15-23(30-11-4-5-12-30)20-9-10-22(28-25(20)29-24)18-7-8-19-16-27-26(32)21(19)14-18;1-3-2/h7-10,14-15,17H,2-6,11-13,16H2,1H3,(H,27,32);3H2,1-2H3. The van der Waals surface area contributed by atoms with Crippen LogP contribution in [-0.2, 0) is 6.54 Å². The number of pyridine rings is 2. The molecule has 5 heterocycles. The summed E-state index contributed by atoms with van der Waals surface area (Å²) in [6, 6.07) is 13.1. The lowest BCUT2D eigenvalue weighted by Gasteiger charge is -2.35. The van der Waals surface area contributed by atoms with E-state index < -0.39 is 0 Å². The van der Waals surface area contributed by atoms with Crippen molar-refractivity contribution in [1.29, 1.82) is 0 Å². The van der Waals surface area contributed by atoms with Gasteiger partial charge in [-0.1, -0.05) is 32.4 Å². The van der Waals surface area contributed by atoms with Gasteiger partial charge in [0.2, 0.25) is 0 Å². The van der Waals surface area contributed by atoms with E-state index in [1.807, 2.05) is 12.1 Å². The van der Waals surface area contributed by atoms with Crippen LogP contribution in [0.4, 0.5) is 11.5 Å². The zero-order chi connectivity index (χ0) is 24.4. The summed E-state index contributed by atoms with van der Waals surface area (Å²) in [5.41, 5.74) is 5.69. The molecule has 1 N–H and O–H groups in total. The highest BCUT2D eigenvalue weighted by atomic mass is 16.1. The Bertz CT molecular complexity index is 1220. The van der Waals surface area contributed by atoms with E-state index >= 15 is 0 Å². The summed E-state index contributed by atoms with van der Waals surface area (Å²) >= 11 is 0. The smallest absolute Gasteiger partial charge is 0.251 e. The molecule has 0 saturated carbocycles. The average Bonchev–Trinajstić information content (AvgIpc) is 3.54. The van der Waals surface area contributed by atoms with Crippen LogP contribution in [0.25, 0.3) is 22.3 Å². The van der Waals surface area contributed by atoms with Gasteiger partial charge in [-0.05, 0) is 62.8 Å². The Kier molecular flexibility index (Phi) is 6.89. The monoisotopic (exact) mass is 471 g/mol. The highest BCUT2D eigenvalue weighted by Crippen LogP contribution is 2.35. The number of nitrogens with one attached hydrogen (secondary N) is 1. The molecule has 1 aromatic carbocycles. The molecule has 184 valence electrons. The second kappa shape index (κ2) is 10.2. The molecule has 6 nitrogen and oxygen atoms in total. The quantitative estimate of drug-likeness (QED) is 0.513. The van der Waals surface area contributed by atoms with E-state index in [0.29, 0.717) is 12.6 Å². The third-order valence-electron chi connectivity index (χ3n) is 7.27. The van der Waals surface area contributed by atoms with Crippen LogP contribution in [0.1, 0.15) is 75.2 Å². The predicted octanol–water partition coefficient (Wildman–Crippen LogP) is 5.94. The number of rotatable bonds is 3. The van der Waals surface area contributed by atoms with E-state index in [4.69, 9.17) is 9.97 Å². The van der Waals surface area contributed by atoms with Crippen LogP contribution in [0, 0.1) is 0 Å². The Balaban J connectivity index is 0.000000806. The molecule has 3 aliphatic rings. The van der Waals surface area contributed by atoms with E-state index in [9.17, 15) is 4.79 Å². The minimum absolute atomic E-state index is 0.00143. The number of aromatic nitrogens is 2. The van der Waals surface area contributed by atoms with Gasteiger partial charge in [0.15, 0.2) is 5.65 Å². The van der Waals surface area contributed by atoms with Crippen molar-refractivity contribution in [3.05, 3.63) is 47.5 Å². The molecule has 6 heteroatoms.